The predicted octanol–water partition coefficient (Wildman–Crippen LogP) is 2.19. The van der Waals surface area contributed by atoms with Gasteiger partial charge in [0.25, 0.3) is 0 Å². The summed E-state index contributed by atoms with van der Waals surface area (Å²) in [7, 11) is 1.73. The summed E-state index contributed by atoms with van der Waals surface area (Å²) in [4.78, 5) is 17.3. The molecule has 5 nitrogen and oxygen atoms in total. The molecule has 0 spiro atoms. The summed E-state index contributed by atoms with van der Waals surface area (Å²) in [6, 6.07) is 2.15. The lowest BCUT2D eigenvalue weighted by Gasteiger charge is -2.38. The van der Waals surface area contributed by atoms with Gasteiger partial charge in [-0.15, -0.1) is 0 Å². The van der Waals surface area contributed by atoms with Gasteiger partial charge in [-0.05, 0) is 67.3 Å². The molecule has 2 atom stereocenters. The van der Waals surface area contributed by atoms with Crippen molar-refractivity contribution in [3.05, 3.63) is 28.3 Å². The van der Waals surface area contributed by atoms with E-state index in [9.17, 15) is 4.79 Å². The number of aliphatic hydroxyl groups is 1. The molecule has 1 aromatic carbocycles. The molecule has 1 aromatic rings. The minimum Gasteiger partial charge on any atom is -0.496 e. The molecule has 1 aliphatic carbocycles. The number of hydrogen-bond acceptors (Lipinski definition) is 4. The summed E-state index contributed by atoms with van der Waals surface area (Å²) < 4.78 is 5.56. The van der Waals surface area contributed by atoms with Crippen LogP contribution in [-0.4, -0.2) is 67.3 Å². The molecular formula is C22H34N2O3. The highest BCUT2D eigenvalue weighted by Crippen LogP contribution is 2.38. The van der Waals surface area contributed by atoms with Gasteiger partial charge in [-0.25, -0.2) is 0 Å². The second kappa shape index (κ2) is 8.61. The number of β-amino-alcohol motifs (C(OH)–C–C–N with tert-alkyl or cyclic N) is 1. The zero-order valence-electron chi connectivity index (χ0n) is 17.3. The Morgan fingerprint density at radius 2 is 1.96 bits per heavy atom. The summed E-state index contributed by atoms with van der Waals surface area (Å²) in [5.74, 6) is 1.70. The highest BCUT2D eigenvalue weighted by molar-refractivity contribution is 5.79. The number of aliphatic hydroxyl groups excluding tert-OH is 1. The monoisotopic (exact) mass is 374 g/mol. The number of carbonyl (C=O) groups excluding carboxylic acids is 1. The van der Waals surface area contributed by atoms with Gasteiger partial charge in [0.15, 0.2) is 0 Å². The van der Waals surface area contributed by atoms with Crippen LogP contribution in [0.3, 0.4) is 0 Å². The normalized spacial score (nSPS) is 21.7. The number of nitrogens with zero attached hydrogens (tertiary/aromatic N) is 2. The van der Waals surface area contributed by atoms with Crippen LogP contribution in [0.25, 0.3) is 0 Å². The topological polar surface area (TPSA) is 53.0 Å². The lowest BCUT2D eigenvalue weighted by atomic mass is 9.74. The number of fused-ring (bicyclic) bond motifs is 1. The Morgan fingerprint density at radius 3 is 2.59 bits per heavy atom. The highest BCUT2D eigenvalue weighted by Gasteiger charge is 2.33. The van der Waals surface area contributed by atoms with E-state index in [-0.39, 0.29) is 12.5 Å². The first-order valence-electron chi connectivity index (χ1n) is 10.2. The summed E-state index contributed by atoms with van der Waals surface area (Å²) in [5, 5.41) is 9.08. The third kappa shape index (κ3) is 4.14. The zero-order valence-corrected chi connectivity index (χ0v) is 17.3. The Labute approximate surface area is 163 Å². The van der Waals surface area contributed by atoms with Crippen LogP contribution in [0.2, 0.25) is 0 Å². The number of aryl methyl sites for hydroxylation is 1. The first-order chi connectivity index (χ1) is 13.0. The number of rotatable bonds is 5. The molecule has 0 radical (unpaired) electrons. The van der Waals surface area contributed by atoms with E-state index in [1.807, 2.05) is 4.90 Å². The maximum atomic E-state index is 13.1. The molecule has 0 bridgehead atoms. The standard InChI is InChI=1S/C22H34N2O3/c1-15-13-21(27-4)17(3)20-14-18(5-6-19(15)20)16(2)22(26)24-9-7-23(8-10-24)11-12-25/h13,16,18,25H,5-12,14H2,1-4H3/t16?,18-/m1/s1. The van der Waals surface area contributed by atoms with Crippen LogP contribution >= 0.6 is 0 Å². The van der Waals surface area contributed by atoms with Gasteiger partial charge in [-0.3, -0.25) is 9.69 Å². The molecule has 1 unspecified atom stereocenters. The lowest BCUT2D eigenvalue weighted by Crippen LogP contribution is -2.51. The van der Waals surface area contributed by atoms with Gasteiger partial charge in [0.1, 0.15) is 5.75 Å². The summed E-state index contributed by atoms with van der Waals surface area (Å²) in [6.45, 7) is 10.6. The highest BCUT2D eigenvalue weighted by atomic mass is 16.5. The Hall–Kier alpha value is -1.59. The Morgan fingerprint density at radius 1 is 1.26 bits per heavy atom. The first kappa shape index (κ1) is 20.2. The zero-order chi connectivity index (χ0) is 19.6. The Bertz CT molecular complexity index is 681. The summed E-state index contributed by atoms with van der Waals surface area (Å²) >= 11 is 0. The molecule has 0 aromatic heterocycles. The molecule has 27 heavy (non-hydrogen) atoms. The van der Waals surface area contributed by atoms with Gasteiger partial charge in [0.05, 0.1) is 13.7 Å². The van der Waals surface area contributed by atoms with Crippen LogP contribution < -0.4 is 4.74 Å². The van der Waals surface area contributed by atoms with Gasteiger partial charge < -0.3 is 14.7 Å². The van der Waals surface area contributed by atoms with E-state index in [1.54, 1.807) is 7.11 Å². The van der Waals surface area contributed by atoms with Crippen LogP contribution in [-0.2, 0) is 17.6 Å². The van der Waals surface area contributed by atoms with E-state index < -0.39 is 0 Å². The largest absolute Gasteiger partial charge is 0.496 e. The van der Waals surface area contributed by atoms with Crippen molar-refractivity contribution in [1.29, 1.82) is 0 Å². The second-order valence-electron chi connectivity index (χ2n) is 8.16. The van der Waals surface area contributed by atoms with Gasteiger partial charge in [-0.1, -0.05) is 6.92 Å². The number of methoxy groups -OCH3 is 1. The summed E-state index contributed by atoms with van der Waals surface area (Å²) in [5.41, 5.74) is 5.40. The van der Waals surface area contributed by atoms with Gasteiger partial charge in [0, 0.05) is 38.6 Å². The van der Waals surface area contributed by atoms with E-state index in [0.717, 1.165) is 51.2 Å². The average molecular weight is 375 g/mol. The molecule has 1 aliphatic heterocycles. The quantitative estimate of drug-likeness (QED) is 0.858. The van der Waals surface area contributed by atoms with Crippen molar-refractivity contribution in [2.24, 2.45) is 11.8 Å². The third-order valence-corrected chi connectivity index (χ3v) is 6.66. The van der Waals surface area contributed by atoms with Gasteiger partial charge in [0.2, 0.25) is 5.91 Å². The van der Waals surface area contributed by atoms with Crippen molar-refractivity contribution in [3.8, 4) is 5.75 Å². The third-order valence-electron chi connectivity index (χ3n) is 6.66. The molecule has 1 amide bonds. The molecule has 1 N–H and O–H groups in total. The number of hydrogen-bond donors (Lipinski definition) is 1. The average Bonchev–Trinajstić information content (AvgIpc) is 2.70. The van der Waals surface area contributed by atoms with Crippen LogP contribution in [0, 0.1) is 25.7 Å². The fraction of sp³-hybridized carbons (Fsp3) is 0.682. The minimum absolute atomic E-state index is 0.0495. The molecule has 3 rings (SSSR count). The van der Waals surface area contributed by atoms with E-state index >= 15 is 0 Å². The fourth-order valence-electron chi connectivity index (χ4n) is 4.79. The van der Waals surface area contributed by atoms with Crippen molar-refractivity contribution >= 4 is 5.91 Å². The van der Waals surface area contributed by atoms with Gasteiger partial charge >= 0.3 is 0 Å². The van der Waals surface area contributed by atoms with E-state index in [0.29, 0.717) is 18.4 Å². The number of carbonyl (C=O) groups is 1. The van der Waals surface area contributed by atoms with Crippen LogP contribution in [0.5, 0.6) is 5.75 Å². The number of amides is 1. The molecule has 1 saturated heterocycles. The summed E-state index contributed by atoms with van der Waals surface area (Å²) in [6.07, 6.45) is 3.10. The van der Waals surface area contributed by atoms with Crippen molar-refractivity contribution in [3.63, 3.8) is 0 Å². The molecule has 2 aliphatic rings. The van der Waals surface area contributed by atoms with E-state index in [1.165, 1.54) is 22.3 Å². The van der Waals surface area contributed by atoms with Crippen molar-refractivity contribution in [2.75, 3.05) is 46.4 Å². The Balaban J connectivity index is 1.68. The van der Waals surface area contributed by atoms with Crippen molar-refractivity contribution < 1.29 is 14.6 Å². The molecule has 5 heteroatoms. The SMILES string of the molecule is COc1cc(C)c2c(c1C)C[C@H](C(C)C(=O)N1CCN(CCO)CC1)CC2. The van der Waals surface area contributed by atoms with Crippen molar-refractivity contribution in [1.82, 2.24) is 9.80 Å². The number of benzene rings is 1. The number of piperazine rings is 1. The fourth-order valence-corrected chi connectivity index (χ4v) is 4.79. The predicted molar refractivity (Wildman–Crippen MR) is 107 cm³/mol. The second-order valence-corrected chi connectivity index (χ2v) is 8.16. The first-order valence-corrected chi connectivity index (χ1v) is 10.2. The molecule has 150 valence electrons. The maximum Gasteiger partial charge on any atom is 0.225 e. The lowest BCUT2D eigenvalue weighted by molar-refractivity contribution is -0.138. The van der Waals surface area contributed by atoms with Crippen LogP contribution in [0.15, 0.2) is 6.07 Å². The van der Waals surface area contributed by atoms with Crippen LogP contribution in [0.4, 0.5) is 0 Å². The minimum atomic E-state index is 0.0495. The number of ether oxygens (including phenoxy) is 1. The van der Waals surface area contributed by atoms with Crippen LogP contribution in [0.1, 0.15) is 35.6 Å². The van der Waals surface area contributed by atoms with Gasteiger partial charge in [-0.2, -0.15) is 0 Å². The van der Waals surface area contributed by atoms with Crippen molar-refractivity contribution in [2.45, 2.75) is 40.0 Å². The molecule has 0 saturated carbocycles. The van der Waals surface area contributed by atoms with E-state index in [2.05, 4.69) is 31.7 Å². The maximum absolute atomic E-state index is 13.1. The smallest absolute Gasteiger partial charge is 0.225 e. The Kier molecular flexibility index (Phi) is 6.43. The molecule has 1 fully saturated rings. The molecular weight excluding hydrogens is 340 g/mol. The molecule has 1 heterocycles. The van der Waals surface area contributed by atoms with E-state index in [4.69, 9.17) is 9.84 Å².